The van der Waals surface area contributed by atoms with Gasteiger partial charge in [-0.25, -0.2) is 0 Å². The zero-order chi connectivity index (χ0) is 14.5. The Balaban J connectivity index is 1.81. The van der Waals surface area contributed by atoms with Gasteiger partial charge in [-0.15, -0.1) is 0 Å². The zero-order valence-electron chi connectivity index (χ0n) is 12.4. The molecule has 1 aromatic carbocycles. The molecule has 0 aliphatic heterocycles. The van der Waals surface area contributed by atoms with Crippen LogP contribution >= 0.6 is 0 Å². The number of amides is 1. The number of benzene rings is 1. The second-order valence-corrected chi connectivity index (χ2v) is 6.02. The van der Waals surface area contributed by atoms with Crippen molar-refractivity contribution in [1.29, 1.82) is 0 Å². The van der Waals surface area contributed by atoms with Crippen LogP contribution in [-0.2, 0) is 4.79 Å². The molecule has 0 heterocycles. The van der Waals surface area contributed by atoms with Crippen molar-refractivity contribution in [1.82, 2.24) is 5.32 Å². The molecule has 110 valence electrons. The predicted octanol–water partition coefficient (Wildman–Crippen LogP) is 2.77. The summed E-state index contributed by atoms with van der Waals surface area (Å²) in [5.74, 6) is 0.553. The van der Waals surface area contributed by atoms with Gasteiger partial charge in [-0.05, 0) is 36.8 Å². The van der Waals surface area contributed by atoms with Crippen LogP contribution in [0.5, 0.6) is 0 Å². The van der Waals surface area contributed by atoms with Crippen LogP contribution in [0.2, 0.25) is 0 Å². The Labute approximate surface area is 121 Å². The minimum Gasteiger partial charge on any atom is -0.393 e. The van der Waals surface area contributed by atoms with Crippen molar-refractivity contribution in [3.05, 3.63) is 35.4 Å². The summed E-state index contributed by atoms with van der Waals surface area (Å²) in [4.78, 5) is 12.0. The van der Waals surface area contributed by atoms with E-state index in [0.29, 0.717) is 13.0 Å². The van der Waals surface area contributed by atoms with Gasteiger partial charge in [0.15, 0.2) is 0 Å². The van der Waals surface area contributed by atoms with Crippen molar-refractivity contribution in [2.24, 2.45) is 5.92 Å². The summed E-state index contributed by atoms with van der Waals surface area (Å²) in [6, 6.07) is 8.21. The first-order chi connectivity index (χ1) is 9.58. The van der Waals surface area contributed by atoms with E-state index < -0.39 is 0 Å². The molecule has 3 nitrogen and oxygen atoms in total. The fourth-order valence-electron chi connectivity index (χ4n) is 3.10. The first-order valence-electron chi connectivity index (χ1n) is 7.58. The standard InChI is InChI=1S/C17H25NO2/c1-12-6-3-4-8-15(12)13(2)10-17(20)18-11-14-7-5-9-16(14)19/h3-4,6,8,13-14,16,19H,5,7,9-11H2,1-2H3,(H,18,20). The number of carbonyl (C=O) groups excluding carboxylic acids is 1. The summed E-state index contributed by atoms with van der Waals surface area (Å²) in [6.45, 7) is 4.78. The Hall–Kier alpha value is -1.35. The molecule has 1 saturated carbocycles. The van der Waals surface area contributed by atoms with E-state index in [0.717, 1.165) is 19.3 Å². The maximum atomic E-state index is 12.0. The molecule has 1 amide bonds. The van der Waals surface area contributed by atoms with Gasteiger partial charge in [0.25, 0.3) is 0 Å². The van der Waals surface area contributed by atoms with E-state index in [1.54, 1.807) is 0 Å². The third-order valence-electron chi connectivity index (χ3n) is 4.39. The Morgan fingerprint density at radius 1 is 1.40 bits per heavy atom. The van der Waals surface area contributed by atoms with Crippen LogP contribution in [0.4, 0.5) is 0 Å². The van der Waals surface area contributed by atoms with Crippen molar-refractivity contribution in [2.75, 3.05) is 6.54 Å². The lowest BCUT2D eigenvalue weighted by atomic mass is 9.93. The van der Waals surface area contributed by atoms with E-state index in [1.165, 1.54) is 11.1 Å². The molecule has 0 radical (unpaired) electrons. The normalized spacial score (nSPS) is 23.6. The lowest BCUT2D eigenvalue weighted by Gasteiger charge is -2.17. The number of hydrogen-bond acceptors (Lipinski definition) is 2. The molecule has 2 rings (SSSR count). The van der Waals surface area contributed by atoms with Gasteiger partial charge < -0.3 is 10.4 Å². The summed E-state index contributed by atoms with van der Waals surface area (Å²) in [5.41, 5.74) is 2.47. The molecule has 3 heteroatoms. The summed E-state index contributed by atoms with van der Waals surface area (Å²) in [7, 11) is 0. The summed E-state index contributed by atoms with van der Waals surface area (Å²) in [5, 5.41) is 12.7. The van der Waals surface area contributed by atoms with E-state index in [9.17, 15) is 9.90 Å². The minimum absolute atomic E-state index is 0.0832. The van der Waals surface area contributed by atoms with Gasteiger partial charge in [0.1, 0.15) is 0 Å². The molecule has 1 aromatic rings. The largest absolute Gasteiger partial charge is 0.393 e. The number of hydrogen-bond donors (Lipinski definition) is 2. The highest BCUT2D eigenvalue weighted by molar-refractivity contribution is 5.76. The molecular weight excluding hydrogens is 250 g/mol. The van der Waals surface area contributed by atoms with Crippen LogP contribution in [0.3, 0.4) is 0 Å². The highest BCUT2D eigenvalue weighted by Crippen LogP contribution is 2.25. The second kappa shape index (κ2) is 6.89. The first kappa shape index (κ1) is 15.0. The van der Waals surface area contributed by atoms with Crippen LogP contribution in [0.1, 0.15) is 49.7 Å². The van der Waals surface area contributed by atoms with Crippen molar-refractivity contribution in [2.45, 2.75) is 51.6 Å². The van der Waals surface area contributed by atoms with Crippen LogP contribution in [-0.4, -0.2) is 23.7 Å². The van der Waals surface area contributed by atoms with Gasteiger partial charge in [0.05, 0.1) is 6.10 Å². The first-order valence-corrected chi connectivity index (χ1v) is 7.58. The molecule has 1 fully saturated rings. The third-order valence-corrected chi connectivity index (χ3v) is 4.39. The molecule has 3 atom stereocenters. The minimum atomic E-state index is -0.232. The van der Waals surface area contributed by atoms with Crippen LogP contribution < -0.4 is 5.32 Å². The zero-order valence-corrected chi connectivity index (χ0v) is 12.4. The maximum absolute atomic E-state index is 12.0. The lowest BCUT2D eigenvalue weighted by molar-refractivity contribution is -0.121. The Morgan fingerprint density at radius 2 is 2.15 bits per heavy atom. The number of nitrogens with one attached hydrogen (secondary N) is 1. The molecular formula is C17H25NO2. The highest BCUT2D eigenvalue weighted by atomic mass is 16.3. The van der Waals surface area contributed by atoms with Gasteiger partial charge in [-0.2, -0.15) is 0 Å². The van der Waals surface area contributed by atoms with Gasteiger partial charge >= 0.3 is 0 Å². The number of rotatable bonds is 5. The van der Waals surface area contributed by atoms with Gasteiger partial charge in [0.2, 0.25) is 5.91 Å². The second-order valence-electron chi connectivity index (χ2n) is 6.02. The van der Waals surface area contributed by atoms with Gasteiger partial charge in [-0.3, -0.25) is 4.79 Å². The van der Waals surface area contributed by atoms with Gasteiger partial charge in [-0.1, -0.05) is 37.6 Å². The number of carbonyl (C=O) groups is 1. The molecule has 0 bridgehead atoms. The topological polar surface area (TPSA) is 49.3 Å². The fraction of sp³-hybridized carbons (Fsp3) is 0.588. The third kappa shape index (κ3) is 3.83. The fourth-order valence-corrected chi connectivity index (χ4v) is 3.10. The average molecular weight is 275 g/mol. The SMILES string of the molecule is Cc1ccccc1C(C)CC(=O)NCC1CCCC1O. The van der Waals surface area contributed by atoms with Crippen LogP contribution in [0, 0.1) is 12.8 Å². The summed E-state index contributed by atoms with van der Waals surface area (Å²) >= 11 is 0. The molecule has 0 aromatic heterocycles. The van der Waals surface area contributed by atoms with Crippen molar-refractivity contribution in [3.8, 4) is 0 Å². The molecule has 3 unspecified atom stereocenters. The van der Waals surface area contributed by atoms with Gasteiger partial charge in [0, 0.05) is 18.9 Å². The Kier molecular flexibility index (Phi) is 5.18. The molecule has 1 aliphatic carbocycles. The van der Waals surface area contributed by atoms with Crippen LogP contribution in [0.25, 0.3) is 0 Å². The predicted molar refractivity (Wildman–Crippen MR) is 80.6 cm³/mol. The molecule has 2 N–H and O–H groups in total. The van der Waals surface area contributed by atoms with E-state index in [1.807, 2.05) is 12.1 Å². The number of aliphatic hydroxyl groups excluding tert-OH is 1. The van der Waals surface area contributed by atoms with Crippen molar-refractivity contribution in [3.63, 3.8) is 0 Å². The molecule has 1 aliphatic rings. The number of aliphatic hydroxyl groups is 1. The molecule has 0 saturated heterocycles. The summed E-state index contributed by atoms with van der Waals surface area (Å²) < 4.78 is 0. The Bertz CT molecular complexity index is 458. The molecule has 0 spiro atoms. The van der Waals surface area contributed by atoms with Crippen molar-refractivity contribution >= 4 is 5.91 Å². The number of aryl methyl sites for hydroxylation is 1. The Morgan fingerprint density at radius 3 is 2.80 bits per heavy atom. The highest BCUT2D eigenvalue weighted by Gasteiger charge is 2.25. The summed E-state index contributed by atoms with van der Waals surface area (Å²) in [6.07, 6.45) is 3.24. The smallest absolute Gasteiger partial charge is 0.220 e. The van der Waals surface area contributed by atoms with E-state index in [4.69, 9.17) is 0 Å². The lowest BCUT2D eigenvalue weighted by Crippen LogP contribution is -2.33. The van der Waals surface area contributed by atoms with E-state index >= 15 is 0 Å². The van der Waals surface area contributed by atoms with Crippen molar-refractivity contribution < 1.29 is 9.90 Å². The maximum Gasteiger partial charge on any atom is 0.220 e. The van der Waals surface area contributed by atoms with E-state index in [2.05, 4.69) is 31.3 Å². The quantitative estimate of drug-likeness (QED) is 0.868. The van der Waals surface area contributed by atoms with E-state index in [-0.39, 0.29) is 23.8 Å². The monoisotopic (exact) mass is 275 g/mol. The molecule has 20 heavy (non-hydrogen) atoms. The van der Waals surface area contributed by atoms with Crippen LogP contribution in [0.15, 0.2) is 24.3 Å². The average Bonchev–Trinajstić information content (AvgIpc) is 2.82.